The lowest BCUT2D eigenvalue weighted by molar-refractivity contribution is -0.124. The number of hydrogen-bond acceptors (Lipinski definition) is 6. The van der Waals surface area contributed by atoms with Gasteiger partial charge >= 0.3 is 5.97 Å². The molecule has 8 heteroatoms. The minimum Gasteiger partial charge on any atom is -0.477 e. The second kappa shape index (κ2) is 11.7. The minimum atomic E-state index is -0.998. The van der Waals surface area contributed by atoms with Crippen molar-refractivity contribution in [1.29, 1.82) is 0 Å². The minimum absolute atomic E-state index is 0.0568. The fourth-order valence-electron chi connectivity index (χ4n) is 5.61. The normalized spacial score (nSPS) is 28.4. The van der Waals surface area contributed by atoms with E-state index in [1.165, 1.54) is 11.3 Å². The van der Waals surface area contributed by atoms with Crippen molar-refractivity contribution >= 4 is 40.2 Å². The van der Waals surface area contributed by atoms with E-state index in [1.54, 1.807) is 0 Å². The summed E-state index contributed by atoms with van der Waals surface area (Å²) in [5.74, 6) is -0.379. The second-order valence-electron chi connectivity index (χ2n) is 10.3. The molecule has 35 heavy (non-hydrogen) atoms. The van der Waals surface area contributed by atoms with Gasteiger partial charge in [-0.2, -0.15) is 0 Å². The third kappa shape index (κ3) is 6.15. The van der Waals surface area contributed by atoms with Gasteiger partial charge in [0.1, 0.15) is 11.5 Å². The Hall–Kier alpha value is -2.19. The molecule has 3 aliphatic rings. The van der Waals surface area contributed by atoms with Gasteiger partial charge in [0.2, 0.25) is 5.91 Å². The molecule has 0 aromatic carbocycles. The van der Waals surface area contributed by atoms with Crippen LogP contribution >= 0.6 is 11.3 Å². The molecule has 0 spiro atoms. The van der Waals surface area contributed by atoms with Crippen LogP contribution in [0.4, 0.5) is 5.69 Å². The van der Waals surface area contributed by atoms with Gasteiger partial charge in [0, 0.05) is 16.8 Å². The maximum absolute atomic E-state index is 13.9. The lowest BCUT2D eigenvalue weighted by Crippen LogP contribution is -2.47. The Kier molecular flexibility index (Phi) is 8.65. The molecule has 0 bridgehead atoms. The fraction of sp³-hybridized carbons (Fsp3) is 0.667. The van der Waals surface area contributed by atoms with Gasteiger partial charge in [-0.3, -0.25) is 4.79 Å². The third-order valence-electron chi connectivity index (χ3n) is 7.65. The maximum atomic E-state index is 13.9. The monoisotopic (exact) mass is 502 g/mol. The molecule has 2 N–H and O–H groups in total. The number of carbonyl (C=O) groups is 2. The number of carbonyl (C=O) groups excluding carboxylic acids is 1. The van der Waals surface area contributed by atoms with Crippen molar-refractivity contribution in [1.82, 2.24) is 0 Å². The lowest BCUT2D eigenvalue weighted by atomic mass is 9.81. The van der Waals surface area contributed by atoms with Gasteiger partial charge in [-0.05, 0) is 101 Å². The summed E-state index contributed by atoms with van der Waals surface area (Å²) in [6.45, 7) is 4.63. The van der Waals surface area contributed by atoms with Gasteiger partial charge in [0.05, 0.1) is 17.5 Å². The Bertz CT molecular complexity index is 968. The van der Waals surface area contributed by atoms with Crippen LogP contribution in [0.5, 0.6) is 0 Å². The van der Waals surface area contributed by atoms with Crippen LogP contribution in [0, 0.1) is 11.8 Å². The lowest BCUT2D eigenvalue weighted by Gasteiger charge is -2.38. The smallest absolute Gasteiger partial charge is 0.348 e. The van der Waals surface area contributed by atoms with E-state index in [1.807, 2.05) is 24.0 Å². The van der Waals surface area contributed by atoms with Crippen LogP contribution in [0.15, 0.2) is 17.3 Å². The number of thiophene rings is 1. The van der Waals surface area contributed by atoms with E-state index < -0.39 is 5.97 Å². The van der Waals surface area contributed by atoms with E-state index in [2.05, 4.69) is 12.1 Å². The molecule has 0 atom stereocenters. The first-order valence-electron chi connectivity index (χ1n) is 13.1. The molecule has 7 nitrogen and oxygen atoms in total. The van der Waals surface area contributed by atoms with Gasteiger partial charge in [-0.1, -0.05) is 12.1 Å². The van der Waals surface area contributed by atoms with Crippen molar-refractivity contribution in [3.63, 3.8) is 0 Å². The topological polar surface area (TPSA) is 99.4 Å². The number of nitrogens with zero attached hydrogens (tertiary/aromatic N) is 2. The van der Waals surface area contributed by atoms with Gasteiger partial charge in [0.25, 0.3) is 0 Å². The number of oxime groups is 1. The Balaban J connectivity index is 1.70. The number of aliphatic hydroxyl groups is 1. The van der Waals surface area contributed by atoms with E-state index in [0.29, 0.717) is 43.9 Å². The number of carboxylic acid groups (broad SMARTS) is 1. The molecule has 0 unspecified atom stereocenters. The molecule has 0 radical (unpaired) electrons. The van der Waals surface area contributed by atoms with Crippen molar-refractivity contribution in [3.8, 4) is 0 Å². The van der Waals surface area contributed by atoms with Crippen molar-refractivity contribution < 1.29 is 24.6 Å². The number of amides is 1. The van der Waals surface area contributed by atoms with E-state index in [0.717, 1.165) is 61.1 Å². The summed E-state index contributed by atoms with van der Waals surface area (Å²) in [6.07, 6.45) is 10.7. The van der Waals surface area contributed by atoms with Gasteiger partial charge in [0.15, 0.2) is 0 Å². The molecule has 0 aliphatic heterocycles. The average molecular weight is 503 g/mol. The number of aromatic carboxylic acids is 1. The first kappa shape index (κ1) is 25.9. The zero-order chi connectivity index (χ0) is 24.9. The van der Waals surface area contributed by atoms with Crippen LogP contribution in [-0.4, -0.2) is 46.6 Å². The molecule has 2 saturated carbocycles. The summed E-state index contributed by atoms with van der Waals surface area (Å²) in [5.41, 5.74) is 2.44. The van der Waals surface area contributed by atoms with Crippen LogP contribution in [0.3, 0.4) is 0 Å². The highest BCUT2D eigenvalue weighted by molar-refractivity contribution is 7.15. The van der Waals surface area contributed by atoms with Crippen molar-refractivity contribution in [2.24, 2.45) is 17.0 Å². The van der Waals surface area contributed by atoms with E-state index in [9.17, 15) is 19.8 Å². The summed E-state index contributed by atoms with van der Waals surface area (Å²) >= 11 is 1.25. The zero-order valence-corrected chi connectivity index (χ0v) is 21.7. The largest absolute Gasteiger partial charge is 0.477 e. The molecule has 1 heterocycles. The highest BCUT2D eigenvalue weighted by atomic mass is 32.1. The Morgan fingerprint density at radius 3 is 2.49 bits per heavy atom. The molecular weight excluding hydrogens is 464 g/mol. The standard InChI is InChI=1S/C27H38N2O5S/c1-3-34-28-20-6-4-5-19(15-20)24-16-23(25(35-24)27(32)33)29(21-11-13-22(30)14-12-21)26(31)18-9-7-17(2)8-10-18/h15-18,21-22,30H,3-14H2,1-2H3,(H,32,33)/t17-,18-,21-,22-. The number of aliphatic hydroxyl groups excluding tert-OH is 1. The summed E-state index contributed by atoms with van der Waals surface area (Å²) < 4.78 is 0. The maximum Gasteiger partial charge on any atom is 0.348 e. The number of hydrogen-bond donors (Lipinski definition) is 2. The summed E-state index contributed by atoms with van der Waals surface area (Å²) in [6, 6.07) is 1.83. The Labute approximate surface area is 211 Å². The molecular formula is C27H38N2O5S. The predicted octanol–water partition coefficient (Wildman–Crippen LogP) is 5.87. The summed E-state index contributed by atoms with van der Waals surface area (Å²) in [5, 5.41) is 24.4. The Morgan fingerprint density at radius 2 is 1.83 bits per heavy atom. The van der Waals surface area contributed by atoms with Crippen molar-refractivity contribution in [2.75, 3.05) is 11.5 Å². The number of allylic oxidation sites excluding steroid dienone is 2. The van der Waals surface area contributed by atoms with E-state index in [4.69, 9.17) is 4.84 Å². The van der Waals surface area contributed by atoms with Crippen LogP contribution < -0.4 is 4.90 Å². The first-order chi connectivity index (χ1) is 16.9. The van der Waals surface area contributed by atoms with E-state index in [-0.39, 0.29) is 28.8 Å². The van der Waals surface area contributed by atoms with Crippen LogP contribution in [-0.2, 0) is 9.63 Å². The number of rotatable bonds is 7. The zero-order valence-electron chi connectivity index (χ0n) is 20.9. The number of carboxylic acids is 1. The molecule has 192 valence electrons. The predicted molar refractivity (Wildman–Crippen MR) is 139 cm³/mol. The van der Waals surface area contributed by atoms with Gasteiger partial charge in [-0.15, -0.1) is 11.3 Å². The first-order valence-corrected chi connectivity index (χ1v) is 14.0. The SMILES string of the molecule is CCON=C1C=C(c2cc(N(C(=O)[C@H]3CC[C@H](C)CC3)[C@H]3CC[C@H](O)CC3)c(C(=O)O)s2)CCC1. The van der Waals surface area contributed by atoms with Gasteiger partial charge in [-0.25, -0.2) is 4.79 Å². The fourth-order valence-corrected chi connectivity index (χ4v) is 6.64. The summed E-state index contributed by atoms with van der Waals surface area (Å²) in [4.78, 5) is 34.5. The van der Waals surface area contributed by atoms with Crippen LogP contribution in [0.2, 0.25) is 0 Å². The molecule has 1 amide bonds. The summed E-state index contributed by atoms with van der Waals surface area (Å²) in [7, 11) is 0. The molecule has 0 saturated heterocycles. The highest BCUT2D eigenvalue weighted by Gasteiger charge is 2.37. The second-order valence-corrected chi connectivity index (χ2v) is 11.3. The molecule has 3 aliphatic carbocycles. The van der Waals surface area contributed by atoms with Crippen LogP contribution in [0.25, 0.3) is 5.57 Å². The van der Waals surface area contributed by atoms with Gasteiger partial charge < -0.3 is 20.0 Å². The molecule has 2 fully saturated rings. The van der Waals surface area contributed by atoms with Crippen molar-refractivity contribution in [2.45, 2.75) is 96.6 Å². The quantitative estimate of drug-likeness (QED) is 0.454. The molecule has 1 aromatic heterocycles. The average Bonchev–Trinajstić information content (AvgIpc) is 3.30. The van der Waals surface area contributed by atoms with Crippen molar-refractivity contribution in [3.05, 3.63) is 21.9 Å². The number of anilines is 1. The van der Waals surface area contributed by atoms with E-state index >= 15 is 0 Å². The molecule has 4 rings (SSSR count). The molecule has 1 aromatic rings. The third-order valence-corrected chi connectivity index (χ3v) is 8.84. The Morgan fingerprint density at radius 1 is 1.11 bits per heavy atom. The highest BCUT2D eigenvalue weighted by Crippen LogP contribution is 2.42. The van der Waals surface area contributed by atoms with Crippen LogP contribution in [0.1, 0.15) is 99.0 Å².